The summed E-state index contributed by atoms with van der Waals surface area (Å²) in [7, 11) is 1.63. The lowest BCUT2D eigenvalue weighted by atomic mass is 10.0. The van der Waals surface area contributed by atoms with Gasteiger partial charge in [0.15, 0.2) is 0 Å². The Morgan fingerprint density at radius 2 is 1.91 bits per heavy atom. The van der Waals surface area contributed by atoms with Crippen molar-refractivity contribution in [2.24, 2.45) is 5.92 Å². The Morgan fingerprint density at radius 3 is 2.48 bits per heavy atom. The molecule has 0 atom stereocenters. The van der Waals surface area contributed by atoms with Crippen LogP contribution in [0.5, 0.6) is 5.75 Å². The van der Waals surface area contributed by atoms with Crippen LogP contribution in [0.3, 0.4) is 0 Å². The van der Waals surface area contributed by atoms with E-state index in [9.17, 15) is 4.79 Å². The molecular weight excluding hydrogens is 290 g/mol. The van der Waals surface area contributed by atoms with Gasteiger partial charge in [0.2, 0.25) is 0 Å². The minimum Gasteiger partial charge on any atom is -0.497 e. The van der Waals surface area contributed by atoms with Gasteiger partial charge in [0.05, 0.1) is 19.3 Å². The van der Waals surface area contributed by atoms with Crippen LogP contribution in [-0.4, -0.2) is 29.3 Å². The lowest BCUT2D eigenvalue weighted by Crippen LogP contribution is -2.23. The lowest BCUT2D eigenvalue weighted by molar-refractivity contribution is 0.0910. The average molecular weight is 315 g/mol. The zero-order valence-corrected chi connectivity index (χ0v) is 14.5. The highest BCUT2D eigenvalue weighted by Gasteiger charge is 2.17. The number of ether oxygens (including phenoxy) is 1. The van der Waals surface area contributed by atoms with Crippen LogP contribution in [0.1, 0.15) is 35.6 Å². The minimum absolute atomic E-state index is 0.0589. The summed E-state index contributed by atoms with van der Waals surface area (Å²) in [4.78, 5) is 12.4. The Morgan fingerprint density at radius 1 is 1.26 bits per heavy atom. The maximum absolute atomic E-state index is 12.4. The number of rotatable bonds is 6. The second kappa shape index (κ2) is 7.31. The van der Waals surface area contributed by atoms with Crippen molar-refractivity contribution in [2.45, 2.75) is 34.1 Å². The molecular formula is C18H25N3O2. The van der Waals surface area contributed by atoms with Crippen molar-refractivity contribution in [3.05, 3.63) is 41.2 Å². The Kier molecular flexibility index (Phi) is 5.42. The standard InChI is InChI=1S/C18H25N3O2/c1-12(2)10-17-13(3)20-21(14(17)4)18(22)11-19-15-6-8-16(23-5)9-7-15/h6-9,12,19H,10-11H2,1-5H3. The van der Waals surface area contributed by atoms with Crippen molar-refractivity contribution >= 4 is 11.6 Å². The lowest BCUT2D eigenvalue weighted by Gasteiger charge is -2.08. The summed E-state index contributed by atoms with van der Waals surface area (Å²) in [6.45, 7) is 8.47. The molecule has 1 heterocycles. The molecule has 0 aliphatic rings. The second-order valence-electron chi connectivity index (χ2n) is 6.13. The minimum atomic E-state index is -0.0589. The number of benzene rings is 1. The van der Waals surface area contributed by atoms with Crippen LogP contribution in [0.15, 0.2) is 24.3 Å². The molecule has 0 saturated carbocycles. The normalized spacial score (nSPS) is 10.9. The summed E-state index contributed by atoms with van der Waals surface area (Å²) in [6.07, 6.45) is 0.941. The zero-order chi connectivity index (χ0) is 17.0. The number of hydrogen-bond donors (Lipinski definition) is 1. The fourth-order valence-electron chi connectivity index (χ4n) is 2.58. The van der Waals surface area contributed by atoms with Crippen LogP contribution in [0.4, 0.5) is 5.69 Å². The zero-order valence-electron chi connectivity index (χ0n) is 14.5. The van der Waals surface area contributed by atoms with Crippen molar-refractivity contribution in [1.82, 2.24) is 9.78 Å². The van der Waals surface area contributed by atoms with E-state index in [4.69, 9.17) is 4.74 Å². The number of anilines is 1. The monoisotopic (exact) mass is 315 g/mol. The van der Waals surface area contributed by atoms with Crippen molar-refractivity contribution in [2.75, 3.05) is 19.0 Å². The summed E-state index contributed by atoms with van der Waals surface area (Å²) < 4.78 is 6.64. The van der Waals surface area contributed by atoms with Gasteiger partial charge in [-0.1, -0.05) is 13.8 Å². The predicted molar refractivity (Wildman–Crippen MR) is 92.4 cm³/mol. The molecule has 5 heteroatoms. The smallest absolute Gasteiger partial charge is 0.266 e. The molecule has 2 rings (SSSR count). The first kappa shape index (κ1) is 17.1. The molecule has 0 bridgehead atoms. The van der Waals surface area contributed by atoms with Gasteiger partial charge in [-0.3, -0.25) is 4.79 Å². The number of aromatic nitrogens is 2. The van der Waals surface area contributed by atoms with E-state index in [2.05, 4.69) is 24.3 Å². The summed E-state index contributed by atoms with van der Waals surface area (Å²) in [6, 6.07) is 7.49. The number of nitrogens with zero attached hydrogens (tertiary/aromatic N) is 2. The first-order chi connectivity index (χ1) is 10.9. The average Bonchev–Trinajstić information content (AvgIpc) is 2.81. The van der Waals surface area contributed by atoms with Gasteiger partial charge in [-0.25, -0.2) is 4.68 Å². The highest BCUT2D eigenvalue weighted by molar-refractivity contribution is 5.83. The number of carbonyl (C=O) groups is 1. The van der Waals surface area contributed by atoms with E-state index < -0.39 is 0 Å². The van der Waals surface area contributed by atoms with Gasteiger partial charge in [0.1, 0.15) is 5.75 Å². The SMILES string of the molecule is COc1ccc(NCC(=O)n2nc(C)c(CC(C)C)c2C)cc1. The molecule has 1 aromatic carbocycles. The quantitative estimate of drug-likeness (QED) is 0.887. The molecule has 0 amide bonds. The molecule has 23 heavy (non-hydrogen) atoms. The summed E-state index contributed by atoms with van der Waals surface area (Å²) in [5.41, 5.74) is 3.94. The number of aryl methyl sites for hydroxylation is 1. The van der Waals surface area contributed by atoms with Crippen LogP contribution in [0.25, 0.3) is 0 Å². The fraction of sp³-hybridized carbons (Fsp3) is 0.444. The molecule has 0 fully saturated rings. The fourth-order valence-corrected chi connectivity index (χ4v) is 2.58. The molecule has 0 aliphatic heterocycles. The molecule has 2 aromatic rings. The summed E-state index contributed by atoms with van der Waals surface area (Å²) in [5.74, 6) is 1.27. The van der Waals surface area contributed by atoms with Crippen molar-refractivity contribution in [3.63, 3.8) is 0 Å². The topological polar surface area (TPSA) is 56.1 Å². The molecule has 124 valence electrons. The van der Waals surface area contributed by atoms with Gasteiger partial charge in [-0.2, -0.15) is 5.10 Å². The van der Waals surface area contributed by atoms with E-state index in [-0.39, 0.29) is 12.5 Å². The Balaban J connectivity index is 2.05. The van der Waals surface area contributed by atoms with Crippen LogP contribution in [0.2, 0.25) is 0 Å². The molecule has 0 unspecified atom stereocenters. The number of methoxy groups -OCH3 is 1. The van der Waals surface area contributed by atoms with Crippen LogP contribution in [0, 0.1) is 19.8 Å². The third-order valence-corrected chi connectivity index (χ3v) is 3.82. The second-order valence-corrected chi connectivity index (χ2v) is 6.13. The van der Waals surface area contributed by atoms with Gasteiger partial charge in [-0.05, 0) is 56.0 Å². The summed E-state index contributed by atoms with van der Waals surface area (Å²) in [5, 5.41) is 7.53. The van der Waals surface area contributed by atoms with Gasteiger partial charge < -0.3 is 10.1 Å². The van der Waals surface area contributed by atoms with Crippen molar-refractivity contribution in [1.29, 1.82) is 0 Å². The number of carbonyl (C=O) groups excluding carboxylic acids is 1. The highest BCUT2D eigenvalue weighted by Crippen LogP contribution is 2.18. The highest BCUT2D eigenvalue weighted by atomic mass is 16.5. The Hall–Kier alpha value is -2.30. The third kappa shape index (κ3) is 4.12. The maximum atomic E-state index is 12.4. The van der Waals surface area contributed by atoms with Crippen molar-refractivity contribution in [3.8, 4) is 5.75 Å². The molecule has 5 nitrogen and oxygen atoms in total. The van der Waals surface area contributed by atoms with E-state index in [0.717, 1.165) is 29.2 Å². The molecule has 0 spiro atoms. The molecule has 1 aromatic heterocycles. The van der Waals surface area contributed by atoms with Gasteiger partial charge in [0.25, 0.3) is 5.91 Å². The third-order valence-electron chi connectivity index (χ3n) is 3.82. The summed E-state index contributed by atoms with van der Waals surface area (Å²) >= 11 is 0. The Labute approximate surface area is 137 Å². The van der Waals surface area contributed by atoms with E-state index >= 15 is 0 Å². The van der Waals surface area contributed by atoms with Crippen LogP contribution >= 0.6 is 0 Å². The molecule has 0 saturated heterocycles. The number of nitrogens with one attached hydrogen (secondary N) is 1. The predicted octanol–water partition coefficient (Wildman–Crippen LogP) is 3.46. The Bertz CT molecular complexity index is 672. The van der Waals surface area contributed by atoms with E-state index in [1.807, 2.05) is 38.1 Å². The largest absolute Gasteiger partial charge is 0.497 e. The molecule has 1 N–H and O–H groups in total. The van der Waals surface area contributed by atoms with Gasteiger partial charge >= 0.3 is 0 Å². The molecule has 0 aliphatic carbocycles. The first-order valence-corrected chi connectivity index (χ1v) is 7.88. The van der Waals surface area contributed by atoms with E-state index in [1.165, 1.54) is 10.2 Å². The van der Waals surface area contributed by atoms with E-state index in [0.29, 0.717) is 5.92 Å². The maximum Gasteiger partial charge on any atom is 0.266 e. The number of hydrogen-bond acceptors (Lipinski definition) is 4. The molecule has 0 radical (unpaired) electrons. The van der Waals surface area contributed by atoms with Gasteiger partial charge in [0, 0.05) is 11.4 Å². The van der Waals surface area contributed by atoms with Crippen LogP contribution < -0.4 is 10.1 Å². The first-order valence-electron chi connectivity index (χ1n) is 7.88. The van der Waals surface area contributed by atoms with Crippen molar-refractivity contribution < 1.29 is 9.53 Å². The van der Waals surface area contributed by atoms with Crippen LogP contribution in [-0.2, 0) is 6.42 Å². The van der Waals surface area contributed by atoms with Gasteiger partial charge in [-0.15, -0.1) is 0 Å². The van der Waals surface area contributed by atoms with E-state index in [1.54, 1.807) is 7.11 Å².